The van der Waals surface area contributed by atoms with Crippen molar-refractivity contribution in [3.8, 4) is 0 Å². The van der Waals surface area contributed by atoms with Gasteiger partial charge in [0.1, 0.15) is 12.1 Å². The van der Waals surface area contributed by atoms with Crippen LogP contribution < -0.4 is 16.0 Å². The first-order valence-corrected chi connectivity index (χ1v) is 19.5. The van der Waals surface area contributed by atoms with Gasteiger partial charge >= 0.3 is 5.97 Å². The van der Waals surface area contributed by atoms with Gasteiger partial charge in [-0.3, -0.25) is 14.4 Å². The molecule has 0 aromatic heterocycles. The van der Waals surface area contributed by atoms with Gasteiger partial charge in [0.25, 0.3) is 0 Å². The maximum absolute atomic E-state index is 14.2. The minimum absolute atomic E-state index is 0.00542. The molecule has 9 atom stereocenters. The van der Waals surface area contributed by atoms with Crippen LogP contribution in [-0.4, -0.2) is 123 Å². The molecule has 1 aromatic carbocycles. The summed E-state index contributed by atoms with van der Waals surface area (Å²) in [4.78, 5) is 58.3. The standard InChI is InChI=1S/C40H67N5O7S/c1-13-26(6)35(44(9)39(48)34(25(4)5)43-37(47)33(41-8)24(2)3)31(50-10)23-32(46)45-21-17-20-30(45)36(51-11)27(7)38(53)42-29(40(49)52-12)22-28-18-15-14-16-19-28/h14-16,18-19,24-27,29-31,33-36,41H,13,17,20-23H2,1-12H3,(H,42,53)(H,43,47)/t26?,27?,29?,30-,31?,33-,34-,35?,36?/m0/s1. The summed E-state index contributed by atoms with van der Waals surface area (Å²) < 4.78 is 17.2. The number of nitrogens with zero attached hydrogens (tertiary/aromatic N) is 2. The number of esters is 1. The van der Waals surface area contributed by atoms with Crippen LogP contribution in [0.15, 0.2) is 30.3 Å². The van der Waals surface area contributed by atoms with Crippen molar-refractivity contribution >= 4 is 40.9 Å². The van der Waals surface area contributed by atoms with Gasteiger partial charge in [-0.05, 0) is 43.2 Å². The lowest BCUT2D eigenvalue weighted by molar-refractivity contribution is -0.147. The maximum atomic E-state index is 14.2. The smallest absolute Gasteiger partial charge is 0.328 e. The molecular weight excluding hydrogens is 695 g/mol. The summed E-state index contributed by atoms with van der Waals surface area (Å²) in [6.07, 6.45) is 1.70. The molecule has 13 heteroatoms. The molecule has 1 aromatic rings. The second-order valence-corrected chi connectivity index (χ2v) is 15.5. The molecule has 300 valence electrons. The van der Waals surface area contributed by atoms with Crippen molar-refractivity contribution in [3.05, 3.63) is 35.9 Å². The van der Waals surface area contributed by atoms with E-state index in [1.54, 1.807) is 33.2 Å². The van der Waals surface area contributed by atoms with E-state index < -0.39 is 42.3 Å². The lowest BCUT2D eigenvalue weighted by atomic mass is 9.89. The minimum atomic E-state index is -0.752. The Kier molecular flexibility index (Phi) is 19.4. The molecule has 6 unspecified atom stereocenters. The van der Waals surface area contributed by atoms with Crippen LogP contribution in [0.3, 0.4) is 0 Å². The molecule has 3 amide bonds. The van der Waals surface area contributed by atoms with Gasteiger partial charge in [0.2, 0.25) is 17.7 Å². The normalized spacial score (nSPS) is 19.1. The van der Waals surface area contributed by atoms with Gasteiger partial charge < -0.3 is 40.0 Å². The number of hydrogen-bond acceptors (Lipinski definition) is 9. The van der Waals surface area contributed by atoms with E-state index in [9.17, 15) is 19.2 Å². The van der Waals surface area contributed by atoms with Crippen molar-refractivity contribution in [1.82, 2.24) is 25.8 Å². The molecule has 1 saturated heterocycles. The fourth-order valence-corrected chi connectivity index (χ4v) is 7.81. The topological polar surface area (TPSA) is 139 Å². The Hall–Kier alpha value is -3.13. The van der Waals surface area contributed by atoms with Crippen LogP contribution in [0.5, 0.6) is 0 Å². The summed E-state index contributed by atoms with van der Waals surface area (Å²) >= 11 is 5.85. The summed E-state index contributed by atoms with van der Waals surface area (Å²) in [6.45, 7) is 14.3. The first kappa shape index (κ1) is 46.0. The number of likely N-dealkylation sites (tertiary alicyclic amines) is 1. The predicted octanol–water partition coefficient (Wildman–Crippen LogP) is 3.99. The molecule has 1 heterocycles. The number of rotatable bonds is 21. The SMILES string of the molecule is CCC(C)C(C(CC(=O)N1CCC[C@H]1C(OC)C(C)C(=S)NC(Cc1ccccc1)C(=O)OC)OC)N(C)C(=O)[C@@H](NC(=O)[C@@H](NC)C(C)C)C(C)C. The molecule has 53 heavy (non-hydrogen) atoms. The molecule has 0 radical (unpaired) electrons. The highest BCUT2D eigenvalue weighted by atomic mass is 32.1. The second-order valence-electron chi connectivity index (χ2n) is 15.1. The number of likely N-dealkylation sites (N-methyl/N-ethyl adjacent to an activating group) is 2. The number of nitrogens with one attached hydrogen (secondary N) is 3. The monoisotopic (exact) mass is 761 g/mol. The second kappa shape index (κ2) is 22.3. The van der Waals surface area contributed by atoms with Gasteiger partial charge in [0, 0.05) is 40.2 Å². The maximum Gasteiger partial charge on any atom is 0.328 e. The van der Waals surface area contributed by atoms with Crippen molar-refractivity contribution in [2.45, 2.75) is 123 Å². The fourth-order valence-electron chi connectivity index (χ4n) is 7.54. The van der Waals surface area contributed by atoms with Crippen molar-refractivity contribution < 1.29 is 33.4 Å². The molecule has 3 N–H and O–H groups in total. The van der Waals surface area contributed by atoms with E-state index in [-0.39, 0.29) is 53.9 Å². The van der Waals surface area contributed by atoms with E-state index in [4.69, 9.17) is 26.4 Å². The van der Waals surface area contributed by atoms with Crippen LogP contribution in [0.2, 0.25) is 0 Å². The first-order valence-electron chi connectivity index (χ1n) is 19.1. The van der Waals surface area contributed by atoms with Gasteiger partial charge in [-0.2, -0.15) is 0 Å². The number of hydrogen-bond donors (Lipinski definition) is 3. The van der Waals surface area contributed by atoms with E-state index >= 15 is 0 Å². The van der Waals surface area contributed by atoms with Crippen LogP contribution in [0.4, 0.5) is 0 Å². The molecule has 0 spiro atoms. The Labute approximate surface area is 323 Å². The third-order valence-electron chi connectivity index (χ3n) is 10.8. The Balaban J connectivity index is 2.27. The molecule has 1 fully saturated rings. The van der Waals surface area contributed by atoms with E-state index in [2.05, 4.69) is 29.8 Å². The third-order valence-corrected chi connectivity index (χ3v) is 11.3. The number of thiocarbonyl (C=S) groups is 1. The number of carbonyl (C=O) groups is 4. The quantitative estimate of drug-likeness (QED) is 0.125. The van der Waals surface area contributed by atoms with E-state index in [1.165, 1.54) is 7.11 Å². The van der Waals surface area contributed by atoms with E-state index in [0.29, 0.717) is 18.0 Å². The molecule has 1 aliphatic rings. The Morgan fingerprint density at radius 2 is 1.57 bits per heavy atom. The Bertz CT molecular complexity index is 1330. The van der Waals surface area contributed by atoms with Crippen LogP contribution in [-0.2, 0) is 39.8 Å². The number of amides is 3. The molecule has 0 saturated carbocycles. The highest BCUT2D eigenvalue weighted by Crippen LogP contribution is 2.30. The summed E-state index contributed by atoms with van der Waals surface area (Å²) in [5, 5.41) is 9.28. The van der Waals surface area contributed by atoms with Gasteiger partial charge in [0.15, 0.2) is 0 Å². The summed E-state index contributed by atoms with van der Waals surface area (Å²) in [7, 11) is 8.03. The molecule has 12 nitrogen and oxygen atoms in total. The number of carbonyl (C=O) groups excluding carboxylic acids is 4. The van der Waals surface area contributed by atoms with E-state index in [1.807, 2.05) is 69.9 Å². The molecular formula is C40H67N5O7S. The van der Waals surface area contributed by atoms with Crippen molar-refractivity contribution in [2.75, 3.05) is 42.0 Å². The lowest BCUT2D eigenvalue weighted by Crippen LogP contribution is -2.59. The number of methoxy groups -OCH3 is 3. The van der Waals surface area contributed by atoms with Crippen LogP contribution in [0.25, 0.3) is 0 Å². The third kappa shape index (κ3) is 12.4. The summed E-state index contributed by atoms with van der Waals surface area (Å²) in [6, 6.07) is 7.10. The lowest BCUT2D eigenvalue weighted by Gasteiger charge is -2.41. The molecule has 0 bridgehead atoms. The fraction of sp³-hybridized carbons (Fsp3) is 0.725. The zero-order valence-corrected chi connectivity index (χ0v) is 35.0. The van der Waals surface area contributed by atoms with Gasteiger partial charge in [-0.25, -0.2) is 4.79 Å². The van der Waals surface area contributed by atoms with Gasteiger partial charge in [-0.15, -0.1) is 0 Å². The molecule has 0 aliphatic carbocycles. The Morgan fingerprint density at radius 3 is 2.08 bits per heavy atom. The summed E-state index contributed by atoms with van der Waals surface area (Å²) in [5.74, 6) is -1.43. The average Bonchev–Trinajstić information content (AvgIpc) is 3.62. The van der Waals surface area contributed by atoms with Crippen molar-refractivity contribution in [3.63, 3.8) is 0 Å². The van der Waals surface area contributed by atoms with Crippen LogP contribution in [0, 0.1) is 23.7 Å². The largest absolute Gasteiger partial charge is 0.467 e. The number of benzene rings is 1. The van der Waals surface area contributed by atoms with Gasteiger partial charge in [-0.1, -0.05) is 97.4 Å². The van der Waals surface area contributed by atoms with Crippen molar-refractivity contribution in [1.29, 1.82) is 0 Å². The van der Waals surface area contributed by atoms with Crippen LogP contribution in [0.1, 0.15) is 79.7 Å². The van der Waals surface area contributed by atoms with Crippen LogP contribution >= 0.6 is 12.2 Å². The average molecular weight is 762 g/mol. The summed E-state index contributed by atoms with van der Waals surface area (Å²) in [5.41, 5.74) is 0.968. The zero-order valence-electron chi connectivity index (χ0n) is 34.1. The predicted molar refractivity (Wildman–Crippen MR) is 212 cm³/mol. The van der Waals surface area contributed by atoms with Gasteiger partial charge in [0.05, 0.1) is 48.9 Å². The zero-order chi connectivity index (χ0) is 40.0. The first-order chi connectivity index (χ1) is 25.1. The van der Waals surface area contributed by atoms with E-state index in [0.717, 1.165) is 24.8 Å². The molecule has 2 rings (SSSR count). The Morgan fingerprint density at radius 1 is 0.943 bits per heavy atom. The number of ether oxygens (including phenoxy) is 3. The molecule has 1 aliphatic heterocycles. The minimum Gasteiger partial charge on any atom is -0.467 e. The van der Waals surface area contributed by atoms with Crippen molar-refractivity contribution in [2.24, 2.45) is 23.7 Å². The highest BCUT2D eigenvalue weighted by Gasteiger charge is 2.43. The highest BCUT2D eigenvalue weighted by molar-refractivity contribution is 7.80.